The normalized spacial score (nSPS) is 15.5. The molecule has 0 fully saturated rings. The summed E-state index contributed by atoms with van der Waals surface area (Å²) in [5.74, 6) is 1.44. The molecule has 0 radical (unpaired) electrons. The van der Waals surface area contributed by atoms with E-state index in [1.165, 1.54) is 0 Å². The molecule has 0 spiro atoms. The van der Waals surface area contributed by atoms with Gasteiger partial charge in [0.1, 0.15) is 5.76 Å². The lowest BCUT2D eigenvalue weighted by molar-refractivity contribution is 0.435. The topological polar surface area (TPSA) is 64.0 Å². The van der Waals surface area contributed by atoms with Gasteiger partial charge in [-0.15, -0.1) is 0 Å². The van der Waals surface area contributed by atoms with Gasteiger partial charge in [0.15, 0.2) is 5.76 Å². The number of nitrogens with zero attached hydrogens (tertiary/aromatic N) is 3. The molecule has 0 unspecified atom stereocenters. The second kappa shape index (κ2) is 6.84. The van der Waals surface area contributed by atoms with Gasteiger partial charge >= 0.3 is 0 Å². The standard InChI is InChI=1S/C24H17N3O2/c1-16-21-22(20-13-8-14-28-20)19(15-25)23(17-9-4-2-5-10-17)29-24(21)27(26-16)18-11-6-3-7-12-18/h2-14,22H,1H3/t22-/m1/s1. The fourth-order valence-electron chi connectivity index (χ4n) is 3.78. The summed E-state index contributed by atoms with van der Waals surface area (Å²) < 4.78 is 13.9. The summed E-state index contributed by atoms with van der Waals surface area (Å²) in [4.78, 5) is 0. The number of nitriles is 1. The first kappa shape index (κ1) is 17.1. The number of aryl methyl sites for hydroxylation is 1. The van der Waals surface area contributed by atoms with Crippen LogP contribution in [0.1, 0.15) is 28.5 Å². The lowest BCUT2D eigenvalue weighted by Crippen LogP contribution is -2.16. The van der Waals surface area contributed by atoms with Crippen LogP contribution in [0.5, 0.6) is 5.88 Å². The minimum atomic E-state index is -0.383. The van der Waals surface area contributed by atoms with Gasteiger partial charge in [0.2, 0.25) is 5.88 Å². The number of benzene rings is 2. The van der Waals surface area contributed by atoms with Crippen LogP contribution in [0.3, 0.4) is 0 Å². The predicted molar refractivity (Wildman–Crippen MR) is 108 cm³/mol. The zero-order valence-electron chi connectivity index (χ0n) is 15.7. The summed E-state index contributed by atoms with van der Waals surface area (Å²) in [5, 5.41) is 14.8. The molecule has 2 aromatic heterocycles. The Morgan fingerprint density at radius 1 is 0.966 bits per heavy atom. The van der Waals surface area contributed by atoms with Crippen LogP contribution < -0.4 is 4.74 Å². The second-order valence-electron chi connectivity index (χ2n) is 6.82. The molecule has 0 aliphatic carbocycles. The number of hydrogen-bond acceptors (Lipinski definition) is 4. The maximum absolute atomic E-state index is 10.1. The van der Waals surface area contributed by atoms with Crippen LogP contribution in [0.2, 0.25) is 0 Å². The van der Waals surface area contributed by atoms with Crippen LogP contribution in [0.4, 0.5) is 0 Å². The minimum absolute atomic E-state index is 0.383. The number of para-hydroxylation sites is 1. The van der Waals surface area contributed by atoms with E-state index >= 15 is 0 Å². The molecule has 0 amide bonds. The van der Waals surface area contributed by atoms with Crippen molar-refractivity contribution in [2.45, 2.75) is 12.8 Å². The van der Waals surface area contributed by atoms with Crippen LogP contribution in [0.15, 0.2) is 89.0 Å². The first-order valence-electron chi connectivity index (χ1n) is 9.34. The van der Waals surface area contributed by atoms with Gasteiger partial charge < -0.3 is 9.15 Å². The van der Waals surface area contributed by atoms with Crippen molar-refractivity contribution in [1.29, 1.82) is 5.26 Å². The molecule has 0 bridgehead atoms. The molecule has 4 aromatic rings. The van der Waals surface area contributed by atoms with Crippen LogP contribution in [-0.4, -0.2) is 9.78 Å². The SMILES string of the molecule is Cc1nn(-c2ccccc2)c2c1[C@@H](c1ccco1)C(C#N)=C(c1ccccc1)O2. The van der Waals surface area contributed by atoms with Crippen molar-refractivity contribution in [3.63, 3.8) is 0 Å². The third kappa shape index (κ3) is 2.74. The molecule has 1 aliphatic rings. The van der Waals surface area contributed by atoms with Gasteiger partial charge in [-0.3, -0.25) is 0 Å². The number of hydrogen-bond donors (Lipinski definition) is 0. The summed E-state index contributed by atoms with van der Waals surface area (Å²) in [6.45, 7) is 1.93. The highest BCUT2D eigenvalue weighted by Crippen LogP contribution is 2.47. The molecule has 0 saturated heterocycles. The summed E-state index contributed by atoms with van der Waals surface area (Å²) in [7, 11) is 0. The summed E-state index contributed by atoms with van der Waals surface area (Å²) >= 11 is 0. The van der Waals surface area contributed by atoms with Gasteiger partial charge in [-0.2, -0.15) is 10.4 Å². The van der Waals surface area contributed by atoms with Gasteiger partial charge in [0, 0.05) is 5.56 Å². The fraction of sp³-hybridized carbons (Fsp3) is 0.0833. The summed E-state index contributed by atoms with van der Waals surface area (Å²) in [6.07, 6.45) is 1.62. The van der Waals surface area contributed by atoms with E-state index in [0.717, 1.165) is 22.5 Å². The van der Waals surface area contributed by atoms with Crippen molar-refractivity contribution >= 4 is 5.76 Å². The van der Waals surface area contributed by atoms with E-state index in [4.69, 9.17) is 14.3 Å². The van der Waals surface area contributed by atoms with E-state index < -0.39 is 0 Å². The van der Waals surface area contributed by atoms with Crippen molar-refractivity contribution in [2.24, 2.45) is 0 Å². The molecule has 29 heavy (non-hydrogen) atoms. The number of rotatable bonds is 3. The highest BCUT2D eigenvalue weighted by molar-refractivity contribution is 5.75. The third-order valence-corrected chi connectivity index (χ3v) is 5.07. The molecule has 140 valence electrons. The van der Waals surface area contributed by atoms with E-state index in [0.29, 0.717) is 23.0 Å². The molecule has 3 heterocycles. The van der Waals surface area contributed by atoms with Gasteiger partial charge in [0.25, 0.3) is 0 Å². The second-order valence-corrected chi connectivity index (χ2v) is 6.82. The monoisotopic (exact) mass is 379 g/mol. The Balaban J connectivity index is 1.79. The van der Waals surface area contributed by atoms with Crippen LogP contribution in [-0.2, 0) is 0 Å². The lowest BCUT2D eigenvalue weighted by Gasteiger charge is -2.25. The third-order valence-electron chi connectivity index (χ3n) is 5.07. The van der Waals surface area contributed by atoms with Crippen LogP contribution >= 0.6 is 0 Å². The Kier molecular flexibility index (Phi) is 4.03. The maximum atomic E-state index is 10.1. The van der Waals surface area contributed by atoms with Crippen LogP contribution in [0, 0.1) is 18.3 Å². The zero-order valence-corrected chi connectivity index (χ0v) is 15.7. The van der Waals surface area contributed by atoms with E-state index in [9.17, 15) is 5.26 Å². The average molecular weight is 379 g/mol. The van der Waals surface area contributed by atoms with Crippen molar-refractivity contribution < 1.29 is 9.15 Å². The molecule has 1 aliphatic heterocycles. The Morgan fingerprint density at radius 3 is 2.34 bits per heavy atom. The molecular weight excluding hydrogens is 362 g/mol. The Bertz CT molecular complexity index is 1230. The smallest absolute Gasteiger partial charge is 0.227 e. The zero-order chi connectivity index (χ0) is 19.8. The molecule has 5 rings (SSSR count). The molecule has 0 saturated carbocycles. The Morgan fingerprint density at radius 2 is 1.69 bits per heavy atom. The quantitative estimate of drug-likeness (QED) is 0.489. The van der Waals surface area contributed by atoms with Gasteiger partial charge in [-0.05, 0) is 31.2 Å². The van der Waals surface area contributed by atoms with E-state index in [1.807, 2.05) is 79.7 Å². The van der Waals surface area contributed by atoms with Crippen molar-refractivity contribution in [3.05, 3.63) is 107 Å². The largest absolute Gasteiger partial charge is 0.468 e. The highest BCUT2D eigenvalue weighted by Gasteiger charge is 2.38. The first-order valence-corrected chi connectivity index (χ1v) is 9.34. The molecule has 0 N–H and O–H groups in total. The number of fused-ring (bicyclic) bond motifs is 1. The minimum Gasteiger partial charge on any atom is -0.468 e. The molecule has 2 aromatic carbocycles. The van der Waals surface area contributed by atoms with Crippen LogP contribution in [0.25, 0.3) is 11.4 Å². The number of furan rings is 1. The first-order chi connectivity index (χ1) is 14.3. The van der Waals surface area contributed by atoms with E-state index in [1.54, 1.807) is 10.9 Å². The van der Waals surface area contributed by atoms with Gasteiger partial charge in [0.05, 0.1) is 40.8 Å². The Hall–Kier alpha value is -4.04. The lowest BCUT2D eigenvalue weighted by atomic mass is 9.86. The van der Waals surface area contributed by atoms with Crippen molar-refractivity contribution in [1.82, 2.24) is 9.78 Å². The molecule has 1 atom stereocenters. The van der Waals surface area contributed by atoms with E-state index in [2.05, 4.69) is 6.07 Å². The Labute approximate surface area is 168 Å². The fourth-order valence-corrected chi connectivity index (χ4v) is 3.78. The summed E-state index contributed by atoms with van der Waals surface area (Å²) in [5.41, 5.74) is 3.88. The molecule has 5 nitrogen and oxygen atoms in total. The average Bonchev–Trinajstić information content (AvgIpc) is 3.42. The number of aromatic nitrogens is 2. The summed E-state index contributed by atoms with van der Waals surface area (Å²) in [6, 6.07) is 25.6. The van der Waals surface area contributed by atoms with E-state index in [-0.39, 0.29) is 5.92 Å². The van der Waals surface area contributed by atoms with Crippen molar-refractivity contribution in [3.8, 4) is 17.6 Å². The van der Waals surface area contributed by atoms with Gasteiger partial charge in [-0.1, -0.05) is 48.5 Å². The maximum Gasteiger partial charge on any atom is 0.227 e. The molecular formula is C24H17N3O2. The predicted octanol–water partition coefficient (Wildman–Crippen LogP) is 5.23. The highest BCUT2D eigenvalue weighted by atomic mass is 16.5. The number of allylic oxidation sites excluding steroid dienone is 1. The van der Waals surface area contributed by atoms with Crippen molar-refractivity contribution in [2.75, 3.05) is 0 Å². The molecule has 5 heteroatoms. The number of ether oxygens (including phenoxy) is 1. The van der Waals surface area contributed by atoms with Gasteiger partial charge in [-0.25, -0.2) is 4.68 Å².